The smallest absolute Gasteiger partial charge is 0.261 e. The molecular formula is C19H25N3O4. The minimum absolute atomic E-state index is 0.0181. The summed E-state index contributed by atoms with van der Waals surface area (Å²) in [4.78, 5) is 14.5. The van der Waals surface area contributed by atoms with Crippen molar-refractivity contribution in [2.24, 2.45) is 0 Å². The number of hydrogen-bond acceptors (Lipinski definition) is 6. The van der Waals surface area contributed by atoms with E-state index in [0.717, 1.165) is 39.3 Å². The van der Waals surface area contributed by atoms with Gasteiger partial charge in [0.25, 0.3) is 5.91 Å². The van der Waals surface area contributed by atoms with Gasteiger partial charge in [-0.15, -0.1) is 0 Å². The number of carbonyl (C=O) groups excluding carboxylic acids is 1. The maximum Gasteiger partial charge on any atom is 0.261 e. The Morgan fingerprint density at radius 1 is 1.46 bits per heavy atom. The van der Waals surface area contributed by atoms with Crippen LogP contribution in [0.25, 0.3) is 6.08 Å². The van der Waals surface area contributed by atoms with Crippen LogP contribution in [-0.4, -0.2) is 61.9 Å². The van der Waals surface area contributed by atoms with Crippen molar-refractivity contribution < 1.29 is 19.4 Å². The molecule has 26 heavy (non-hydrogen) atoms. The predicted molar refractivity (Wildman–Crippen MR) is 97.8 cm³/mol. The fourth-order valence-corrected chi connectivity index (χ4v) is 2.63. The second-order valence-corrected chi connectivity index (χ2v) is 5.89. The Hall–Kier alpha value is -2.56. The van der Waals surface area contributed by atoms with Crippen LogP contribution in [0.15, 0.2) is 23.8 Å². The number of benzene rings is 1. The Morgan fingerprint density at radius 2 is 2.23 bits per heavy atom. The molecule has 0 bridgehead atoms. The fraction of sp³-hybridized carbons (Fsp3) is 0.474. The minimum atomic E-state index is -0.402. The van der Waals surface area contributed by atoms with Crippen molar-refractivity contribution in [2.45, 2.75) is 13.3 Å². The van der Waals surface area contributed by atoms with Gasteiger partial charge in [-0.2, -0.15) is 5.26 Å². The Balaban J connectivity index is 1.88. The SMILES string of the molecule is CCOc1cc(/C=C(\C#N)C(=O)NCCCN2CCOCC2)ccc1O. The van der Waals surface area contributed by atoms with Crippen LogP contribution in [0, 0.1) is 11.3 Å². The van der Waals surface area contributed by atoms with Crippen LogP contribution in [-0.2, 0) is 9.53 Å². The molecule has 1 aromatic carbocycles. The van der Waals surface area contributed by atoms with E-state index in [0.29, 0.717) is 24.5 Å². The van der Waals surface area contributed by atoms with E-state index < -0.39 is 5.91 Å². The fourth-order valence-electron chi connectivity index (χ4n) is 2.63. The zero-order chi connectivity index (χ0) is 18.8. The minimum Gasteiger partial charge on any atom is -0.504 e. The lowest BCUT2D eigenvalue weighted by atomic mass is 10.1. The third-order valence-corrected chi connectivity index (χ3v) is 4.00. The maximum atomic E-state index is 12.2. The lowest BCUT2D eigenvalue weighted by Gasteiger charge is -2.26. The molecule has 1 aliphatic heterocycles. The number of phenolic OH excluding ortho intramolecular Hbond substituents is 1. The number of carbonyl (C=O) groups is 1. The van der Waals surface area contributed by atoms with Gasteiger partial charge in [0.1, 0.15) is 11.6 Å². The second-order valence-electron chi connectivity index (χ2n) is 5.89. The van der Waals surface area contributed by atoms with E-state index in [1.54, 1.807) is 12.1 Å². The number of nitrogens with one attached hydrogen (secondary N) is 1. The highest BCUT2D eigenvalue weighted by Crippen LogP contribution is 2.27. The summed E-state index contributed by atoms with van der Waals surface area (Å²) in [5, 5.41) is 21.8. The molecule has 140 valence electrons. The molecule has 0 aromatic heterocycles. The second kappa shape index (κ2) is 10.4. The third kappa shape index (κ3) is 6.06. The van der Waals surface area contributed by atoms with Crippen molar-refractivity contribution >= 4 is 12.0 Å². The molecule has 1 heterocycles. The molecular weight excluding hydrogens is 334 g/mol. The summed E-state index contributed by atoms with van der Waals surface area (Å²) in [7, 11) is 0. The molecule has 1 amide bonds. The first-order valence-electron chi connectivity index (χ1n) is 8.80. The normalized spacial score (nSPS) is 15.3. The molecule has 0 unspecified atom stereocenters. The Bertz CT molecular complexity index is 676. The molecule has 2 rings (SSSR count). The Kier molecular flexibility index (Phi) is 7.93. The Morgan fingerprint density at radius 3 is 2.92 bits per heavy atom. The van der Waals surface area contributed by atoms with E-state index >= 15 is 0 Å². The predicted octanol–water partition coefficient (Wildman–Crippen LogP) is 1.54. The molecule has 1 aliphatic rings. The van der Waals surface area contributed by atoms with Crippen LogP contribution in [0.4, 0.5) is 0 Å². The summed E-state index contributed by atoms with van der Waals surface area (Å²) in [6.45, 7) is 6.97. The summed E-state index contributed by atoms with van der Waals surface area (Å²) in [5.74, 6) is -0.0555. The van der Waals surface area contributed by atoms with Crippen LogP contribution in [0.2, 0.25) is 0 Å². The highest BCUT2D eigenvalue weighted by atomic mass is 16.5. The summed E-state index contributed by atoms with van der Waals surface area (Å²) < 4.78 is 10.6. The number of rotatable bonds is 8. The van der Waals surface area contributed by atoms with Gasteiger partial charge < -0.3 is 19.9 Å². The lowest BCUT2D eigenvalue weighted by Crippen LogP contribution is -2.38. The number of morpholine rings is 1. The van der Waals surface area contributed by atoms with Crippen LogP contribution in [0.3, 0.4) is 0 Å². The highest BCUT2D eigenvalue weighted by molar-refractivity contribution is 6.01. The number of hydrogen-bond donors (Lipinski definition) is 2. The zero-order valence-electron chi connectivity index (χ0n) is 15.0. The molecule has 1 fully saturated rings. The average molecular weight is 359 g/mol. The van der Waals surface area contributed by atoms with Crippen molar-refractivity contribution in [3.05, 3.63) is 29.3 Å². The van der Waals surface area contributed by atoms with Gasteiger partial charge in [-0.25, -0.2) is 0 Å². The monoisotopic (exact) mass is 359 g/mol. The highest BCUT2D eigenvalue weighted by Gasteiger charge is 2.12. The van der Waals surface area contributed by atoms with Gasteiger partial charge in [-0.05, 0) is 43.7 Å². The summed E-state index contributed by atoms with van der Waals surface area (Å²) in [6.07, 6.45) is 2.30. The van der Waals surface area contributed by atoms with Gasteiger partial charge in [-0.1, -0.05) is 6.07 Å². The van der Waals surface area contributed by atoms with Gasteiger partial charge in [0.15, 0.2) is 11.5 Å². The quantitative estimate of drug-likeness (QED) is 0.415. The molecule has 0 aliphatic carbocycles. The molecule has 0 spiro atoms. The maximum absolute atomic E-state index is 12.2. The number of phenols is 1. The summed E-state index contributed by atoms with van der Waals surface area (Å²) in [5.41, 5.74) is 0.635. The largest absolute Gasteiger partial charge is 0.504 e. The summed E-state index contributed by atoms with van der Waals surface area (Å²) in [6, 6.07) is 6.63. The molecule has 0 saturated carbocycles. The molecule has 1 aromatic rings. The van der Waals surface area contributed by atoms with E-state index in [1.165, 1.54) is 12.1 Å². The number of ether oxygens (including phenoxy) is 2. The van der Waals surface area contributed by atoms with E-state index in [2.05, 4.69) is 10.2 Å². The zero-order valence-corrected chi connectivity index (χ0v) is 15.0. The first-order valence-corrected chi connectivity index (χ1v) is 8.80. The van der Waals surface area contributed by atoms with E-state index in [9.17, 15) is 15.2 Å². The molecule has 1 saturated heterocycles. The van der Waals surface area contributed by atoms with Gasteiger partial charge in [0, 0.05) is 19.6 Å². The average Bonchev–Trinajstić information content (AvgIpc) is 2.66. The first-order chi connectivity index (χ1) is 12.6. The topological polar surface area (TPSA) is 94.8 Å². The summed E-state index contributed by atoms with van der Waals surface area (Å²) >= 11 is 0. The molecule has 2 N–H and O–H groups in total. The lowest BCUT2D eigenvalue weighted by molar-refractivity contribution is -0.117. The van der Waals surface area contributed by atoms with Crippen molar-refractivity contribution in [3.63, 3.8) is 0 Å². The number of nitriles is 1. The van der Waals surface area contributed by atoms with Crippen LogP contribution in [0.5, 0.6) is 11.5 Å². The molecule has 0 atom stereocenters. The van der Waals surface area contributed by atoms with Crippen LogP contribution in [0.1, 0.15) is 18.9 Å². The standard InChI is InChI=1S/C19H25N3O4/c1-2-26-18-13-15(4-5-17(18)23)12-16(14-20)19(24)21-6-3-7-22-8-10-25-11-9-22/h4-5,12-13,23H,2-3,6-11H2,1H3,(H,21,24)/b16-12+. The molecule has 0 radical (unpaired) electrons. The number of nitrogens with zero attached hydrogens (tertiary/aromatic N) is 2. The van der Waals surface area contributed by atoms with Crippen molar-refractivity contribution in [1.29, 1.82) is 5.26 Å². The first kappa shape index (κ1) is 19.8. The molecule has 7 nitrogen and oxygen atoms in total. The van der Waals surface area contributed by atoms with E-state index in [4.69, 9.17) is 9.47 Å². The van der Waals surface area contributed by atoms with Gasteiger partial charge in [0.2, 0.25) is 0 Å². The van der Waals surface area contributed by atoms with Crippen molar-refractivity contribution in [3.8, 4) is 17.6 Å². The number of amides is 1. The van der Waals surface area contributed by atoms with Gasteiger partial charge >= 0.3 is 0 Å². The van der Waals surface area contributed by atoms with Crippen molar-refractivity contribution in [1.82, 2.24) is 10.2 Å². The number of aromatic hydroxyl groups is 1. The van der Waals surface area contributed by atoms with E-state index in [-0.39, 0.29) is 11.3 Å². The van der Waals surface area contributed by atoms with E-state index in [1.807, 2.05) is 13.0 Å². The van der Waals surface area contributed by atoms with Gasteiger partial charge in [0.05, 0.1) is 19.8 Å². The van der Waals surface area contributed by atoms with Crippen molar-refractivity contribution in [2.75, 3.05) is 46.0 Å². The van der Waals surface area contributed by atoms with Crippen LogP contribution >= 0.6 is 0 Å². The third-order valence-electron chi connectivity index (χ3n) is 4.00. The van der Waals surface area contributed by atoms with Crippen LogP contribution < -0.4 is 10.1 Å². The molecule has 7 heteroatoms. The van der Waals surface area contributed by atoms with Gasteiger partial charge in [-0.3, -0.25) is 9.69 Å². The Labute approximate surface area is 153 Å².